The highest BCUT2D eigenvalue weighted by Crippen LogP contribution is 2.26. The highest BCUT2D eigenvalue weighted by Gasteiger charge is 2.10. The summed E-state index contributed by atoms with van der Waals surface area (Å²) in [5.74, 6) is 0.723. The Kier molecular flexibility index (Phi) is 3.36. The average molecular weight is 252 g/mol. The van der Waals surface area contributed by atoms with E-state index in [1.165, 1.54) is 0 Å². The van der Waals surface area contributed by atoms with Crippen molar-refractivity contribution in [3.63, 3.8) is 0 Å². The highest BCUT2D eigenvalue weighted by atomic mass is 35.5. The largest absolute Gasteiger partial charge is 0.494 e. The minimum atomic E-state index is 0.467. The van der Waals surface area contributed by atoms with Gasteiger partial charge < -0.3 is 10.5 Å². The van der Waals surface area contributed by atoms with Crippen LogP contribution in [0.4, 0.5) is 0 Å². The second kappa shape index (κ2) is 4.77. The van der Waals surface area contributed by atoms with Gasteiger partial charge in [-0.1, -0.05) is 11.6 Å². The topological polar surface area (TPSA) is 53.1 Å². The Balaban J connectivity index is 2.54. The maximum atomic E-state index is 5.98. The predicted octanol–water partition coefficient (Wildman–Crippen LogP) is 2.30. The second-order valence-corrected chi connectivity index (χ2v) is 4.14. The smallest absolute Gasteiger partial charge is 0.144 e. The molecule has 1 heterocycles. The fourth-order valence-corrected chi connectivity index (χ4v) is 1.83. The number of hydrogen-bond donors (Lipinski definition) is 1. The van der Waals surface area contributed by atoms with Crippen molar-refractivity contribution in [3.05, 3.63) is 40.7 Å². The van der Waals surface area contributed by atoms with E-state index in [9.17, 15) is 0 Å². The van der Waals surface area contributed by atoms with E-state index in [1.807, 2.05) is 25.3 Å². The second-order valence-electron chi connectivity index (χ2n) is 3.70. The van der Waals surface area contributed by atoms with Crippen LogP contribution in [0.1, 0.15) is 11.3 Å². The number of nitrogens with zero attached hydrogens (tertiary/aromatic N) is 2. The molecule has 0 saturated heterocycles. The van der Waals surface area contributed by atoms with E-state index in [1.54, 1.807) is 17.9 Å². The molecule has 4 nitrogen and oxygen atoms in total. The molecule has 0 bridgehead atoms. The zero-order valence-corrected chi connectivity index (χ0v) is 10.5. The zero-order valence-electron chi connectivity index (χ0n) is 9.77. The lowest BCUT2D eigenvalue weighted by Crippen LogP contribution is -1.99. The molecule has 1 aromatic carbocycles. The number of aryl methyl sites for hydroxylation is 1. The fourth-order valence-electron chi connectivity index (χ4n) is 1.66. The van der Waals surface area contributed by atoms with E-state index in [2.05, 4.69) is 5.10 Å². The Morgan fingerprint density at radius 1 is 1.47 bits per heavy atom. The maximum Gasteiger partial charge on any atom is 0.144 e. The Hall–Kier alpha value is -1.52. The molecule has 0 radical (unpaired) electrons. The van der Waals surface area contributed by atoms with E-state index in [0.717, 1.165) is 22.7 Å². The molecule has 0 aliphatic heterocycles. The van der Waals surface area contributed by atoms with Gasteiger partial charge in [0.05, 0.1) is 12.8 Å². The number of methoxy groups -OCH3 is 1. The molecule has 0 spiro atoms. The first kappa shape index (κ1) is 12.0. The number of nitrogens with two attached hydrogens (primary N) is 1. The van der Waals surface area contributed by atoms with Crippen LogP contribution < -0.4 is 10.5 Å². The molecule has 17 heavy (non-hydrogen) atoms. The van der Waals surface area contributed by atoms with E-state index < -0.39 is 0 Å². The first-order valence-electron chi connectivity index (χ1n) is 5.25. The van der Waals surface area contributed by atoms with Gasteiger partial charge in [-0.05, 0) is 25.1 Å². The third-order valence-electron chi connectivity index (χ3n) is 2.61. The normalized spacial score (nSPS) is 10.6. The van der Waals surface area contributed by atoms with E-state index >= 15 is 0 Å². The Morgan fingerprint density at radius 2 is 2.24 bits per heavy atom. The van der Waals surface area contributed by atoms with Gasteiger partial charge in [0.25, 0.3) is 0 Å². The molecule has 0 unspecified atom stereocenters. The molecule has 0 fully saturated rings. The Bertz CT molecular complexity index is 537. The molecular formula is C12H14ClN3O. The van der Waals surface area contributed by atoms with Crippen molar-refractivity contribution in [3.8, 4) is 11.4 Å². The van der Waals surface area contributed by atoms with Gasteiger partial charge in [0.2, 0.25) is 0 Å². The number of ether oxygens (including phenoxy) is 1. The molecule has 0 amide bonds. The fraction of sp³-hybridized carbons (Fsp3) is 0.250. The van der Waals surface area contributed by atoms with Gasteiger partial charge in [-0.2, -0.15) is 5.10 Å². The van der Waals surface area contributed by atoms with Gasteiger partial charge in [-0.3, -0.25) is 0 Å². The molecule has 0 saturated carbocycles. The summed E-state index contributed by atoms with van der Waals surface area (Å²) in [6.45, 7) is 2.39. The first-order chi connectivity index (χ1) is 8.15. The van der Waals surface area contributed by atoms with Crippen molar-refractivity contribution in [1.29, 1.82) is 0 Å². The van der Waals surface area contributed by atoms with Crippen LogP contribution >= 0.6 is 11.6 Å². The third-order valence-corrected chi connectivity index (χ3v) is 2.84. The molecule has 0 aliphatic carbocycles. The average Bonchev–Trinajstić information content (AvgIpc) is 2.70. The molecule has 5 heteroatoms. The maximum absolute atomic E-state index is 5.98. The number of halogens is 1. The standard InChI is InChI=1S/C12H14ClN3O/c1-8-9(6-14)7-16(15-8)11-5-10(13)3-4-12(11)17-2/h3-5,7H,6,14H2,1-2H3. The van der Waals surface area contributed by atoms with Crippen molar-refractivity contribution in [1.82, 2.24) is 9.78 Å². The van der Waals surface area contributed by atoms with Crippen LogP contribution in [0.25, 0.3) is 5.69 Å². The minimum Gasteiger partial charge on any atom is -0.494 e. The monoisotopic (exact) mass is 251 g/mol. The molecule has 1 aromatic heterocycles. The van der Waals surface area contributed by atoms with Gasteiger partial charge in [0, 0.05) is 23.3 Å². The van der Waals surface area contributed by atoms with E-state index in [4.69, 9.17) is 22.1 Å². The molecule has 90 valence electrons. The van der Waals surface area contributed by atoms with Gasteiger partial charge in [-0.25, -0.2) is 4.68 Å². The van der Waals surface area contributed by atoms with Crippen LogP contribution in [0.5, 0.6) is 5.75 Å². The minimum absolute atomic E-state index is 0.467. The number of rotatable bonds is 3. The highest BCUT2D eigenvalue weighted by molar-refractivity contribution is 6.30. The predicted molar refractivity (Wildman–Crippen MR) is 67.8 cm³/mol. The van der Waals surface area contributed by atoms with E-state index in [-0.39, 0.29) is 0 Å². The van der Waals surface area contributed by atoms with Crippen molar-refractivity contribution in [2.75, 3.05) is 7.11 Å². The first-order valence-corrected chi connectivity index (χ1v) is 5.62. The molecule has 2 aromatic rings. The summed E-state index contributed by atoms with van der Waals surface area (Å²) in [7, 11) is 1.62. The number of hydrogen-bond acceptors (Lipinski definition) is 3. The van der Waals surface area contributed by atoms with Gasteiger partial charge in [-0.15, -0.1) is 0 Å². The summed E-state index contributed by atoms with van der Waals surface area (Å²) in [5.41, 5.74) is 8.36. The lowest BCUT2D eigenvalue weighted by molar-refractivity contribution is 0.411. The summed E-state index contributed by atoms with van der Waals surface area (Å²) in [6, 6.07) is 5.41. The number of benzene rings is 1. The van der Waals surface area contributed by atoms with Crippen molar-refractivity contribution in [2.45, 2.75) is 13.5 Å². The summed E-state index contributed by atoms with van der Waals surface area (Å²) < 4.78 is 7.03. The van der Waals surface area contributed by atoms with Crippen molar-refractivity contribution < 1.29 is 4.74 Å². The quantitative estimate of drug-likeness (QED) is 0.911. The van der Waals surface area contributed by atoms with Crippen LogP contribution in [0.3, 0.4) is 0 Å². The van der Waals surface area contributed by atoms with Gasteiger partial charge in [0.1, 0.15) is 11.4 Å². The van der Waals surface area contributed by atoms with Crippen LogP contribution in [0.15, 0.2) is 24.4 Å². The van der Waals surface area contributed by atoms with Crippen molar-refractivity contribution >= 4 is 11.6 Å². The molecule has 2 rings (SSSR count). The number of aromatic nitrogens is 2. The van der Waals surface area contributed by atoms with Crippen LogP contribution in [0.2, 0.25) is 5.02 Å². The lowest BCUT2D eigenvalue weighted by Gasteiger charge is -2.08. The Morgan fingerprint density at radius 3 is 2.82 bits per heavy atom. The molecule has 2 N–H and O–H groups in total. The zero-order chi connectivity index (χ0) is 12.4. The molecule has 0 atom stereocenters. The van der Waals surface area contributed by atoms with Crippen LogP contribution in [-0.4, -0.2) is 16.9 Å². The van der Waals surface area contributed by atoms with E-state index in [0.29, 0.717) is 11.6 Å². The third kappa shape index (κ3) is 2.28. The Labute approximate surface area is 105 Å². The van der Waals surface area contributed by atoms with Gasteiger partial charge >= 0.3 is 0 Å². The summed E-state index contributed by atoms with van der Waals surface area (Å²) in [5, 5.41) is 5.04. The summed E-state index contributed by atoms with van der Waals surface area (Å²) in [6.07, 6.45) is 1.89. The molecular weight excluding hydrogens is 238 g/mol. The molecule has 0 aliphatic rings. The SMILES string of the molecule is COc1ccc(Cl)cc1-n1cc(CN)c(C)n1. The van der Waals surface area contributed by atoms with Crippen LogP contribution in [-0.2, 0) is 6.54 Å². The van der Waals surface area contributed by atoms with Crippen LogP contribution in [0, 0.1) is 6.92 Å². The summed E-state index contributed by atoms with van der Waals surface area (Å²) >= 11 is 5.98. The lowest BCUT2D eigenvalue weighted by atomic mass is 10.2. The van der Waals surface area contributed by atoms with Crippen molar-refractivity contribution in [2.24, 2.45) is 5.73 Å². The van der Waals surface area contributed by atoms with Gasteiger partial charge in [0.15, 0.2) is 0 Å². The summed E-state index contributed by atoms with van der Waals surface area (Å²) in [4.78, 5) is 0.